The predicted molar refractivity (Wildman–Crippen MR) is 139 cm³/mol. The minimum absolute atomic E-state index is 0.165. The molecule has 204 valence electrons. The molecule has 38 heavy (non-hydrogen) atoms. The van der Waals surface area contributed by atoms with Crippen molar-refractivity contribution in [3.8, 4) is 0 Å². The minimum Gasteiger partial charge on any atom is -0.462 e. The van der Waals surface area contributed by atoms with Crippen LogP contribution in [0.25, 0.3) is 0 Å². The predicted octanol–water partition coefficient (Wildman–Crippen LogP) is 4.82. The van der Waals surface area contributed by atoms with Crippen LogP contribution in [0.2, 0.25) is 0 Å². The lowest BCUT2D eigenvalue weighted by atomic mass is 10.0. The van der Waals surface area contributed by atoms with Crippen molar-refractivity contribution in [1.29, 1.82) is 0 Å². The van der Waals surface area contributed by atoms with Gasteiger partial charge >= 0.3 is 23.9 Å². The van der Waals surface area contributed by atoms with Crippen molar-refractivity contribution in [3.63, 3.8) is 0 Å². The minimum atomic E-state index is -1.22. The Bertz CT molecular complexity index is 1040. The summed E-state index contributed by atoms with van der Waals surface area (Å²) in [7, 11) is 0. The number of hydrogen-bond donors (Lipinski definition) is 1. The van der Waals surface area contributed by atoms with Gasteiger partial charge in [-0.2, -0.15) is 0 Å². The topological polar surface area (TPSA) is 131 Å². The van der Waals surface area contributed by atoms with Crippen LogP contribution in [-0.2, 0) is 18.9 Å². The van der Waals surface area contributed by atoms with E-state index in [0.717, 1.165) is 0 Å². The second-order valence-corrected chi connectivity index (χ2v) is 10.2. The van der Waals surface area contributed by atoms with Crippen molar-refractivity contribution >= 4 is 23.9 Å². The molecule has 0 radical (unpaired) electrons. The van der Waals surface area contributed by atoms with E-state index >= 15 is 0 Å². The van der Waals surface area contributed by atoms with Crippen molar-refractivity contribution in [1.82, 2.24) is 0 Å². The van der Waals surface area contributed by atoms with Crippen LogP contribution in [0.3, 0.4) is 0 Å². The number of carbonyl (C=O) groups excluding carboxylic acids is 4. The van der Waals surface area contributed by atoms with E-state index in [4.69, 9.17) is 24.7 Å². The molecule has 1 unspecified atom stereocenters. The lowest BCUT2D eigenvalue weighted by molar-refractivity contribution is -0.0122. The van der Waals surface area contributed by atoms with Crippen LogP contribution in [0.4, 0.5) is 0 Å². The monoisotopic (exact) mass is 525 g/mol. The summed E-state index contributed by atoms with van der Waals surface area (Å²) in [5, 5.41) is 0. The van der Waals surface area contributed by atoms with E-state index < -0.39 is 35.2 Å². The van der Waals surface area contributed by atoms with Crippen LogP contribution in [0, 0.1) is 0 Å². The van der Waals surface area contributed by atoms with Crippen molar-refractivity contribution in [2.45, 2.75) is 70.6 Å². The van der Waals surface area contributed by atoms with E-state index in [1.807, 2.05) is 13.8 Å². The fourth-order valence-electron chi connectivity index (χ4n) is 3.89. The second-order valence-electron chi connectivity index (χ2n) is 10.2. The summed E-state index contributed by atoms with van der Waals surface area (Å²) < 4.78 is 21.7. The first-order valence-corrected chi connectivity index (χ1v) is 12.8. The first kappa shape index (κ1) is 28.8. The van der Waals surface area contributed by atoms with Gasteiger partial charge < -0.3 is 18.9 Å². The molecule has 1 atom stereocenters. The molecular weight excluding hydrogens is 490 g/mol. The number of carbonyl (C=O) groups is 4. The number of esters is 4. The number of ether oxygens (including phenoxy) is 4. The maximum atomic E-state index is 12.6. The van der Waals surface area contributed by atoms with Crippen LogP contribution in [0.5, 0.6) is 0 Å². The molecule has 4 aliphatic heterocycles. The molecule has 0 aromatic heterocycles. The summed E-state index contributed by atoms with van der Waals surface area (Å²) in [6, 6.07) is 12.1. The van der Waals surface area contributed by atoms with Crippen molar-refractivity contribution in [2.24, 2.45) is 5.73 Å². The molecule has 9 nitrogen and oxygen atoms in total. The summed E-state index contributed by atoms with van der Waals surface area (Å²) in [6.45, 7) is 5.61. The van der Waals surface area contributed by atoms with E-state index in [-0.39, 0.29) is 18.8 Å². The summed E-state index contributed by atoms with van der Waals surface area (Å²) in [5.74, 6) is -2.09. The van der Waals surface area contributed by atoms with Gasteiger partial charge in [-0.05, 0) is 101 Å². The summed E-state index contributed by atoms with van der Waals surface area (Å²) >= 11 is 0. The molecule has 0 amide bonds. The Kier molecular flexibility index (Phi) is 9.63. The molecule has 2 aromatic carbocycles. The van der Waals surface area contributed by atoms with Gasteiger partial charge in [-0.25, -0.2) is 19.2 Å². The highest BCUT2D eigenvalue weighted by molar-refractivity contribution is 5.94. The molecule has 2 N–H and O–H groups in total. The number of rotatable bonds is 0. The lowest BCUT2D eigenvalue weighted by Crippen LogP contribution is -2.41. The average molecular weight is 526 g/mol. The van der Waals surface area contributed by atoms with Gasteiger partial charge in [0.1, 0.15) is 5.60 Å². The Labute approximate surface area is 222 Å². The normalized spacial score (nSPS) is 22.2. The average Bonchev–Trinajstić information content (AvgIpc) is 2.87. The van der Waals surface area contributed by atoms with Gasteiger partial charge in [0, 0.05) is 6.42 Å². The highest BCUT2D eigenvalue weighted by Gasteiger charge is 2.25. The van der Waals surface area contributed by atoms with Gasteiger partial charge in [-0.1, -0.05) is 0 Å². The zero-order chi connectivity index (χ0) is 27.8. The van der Waals surface area contributed by atoms with Crippen LogP contribution in [0.15, 0.2) is 48.5 Å². The molecule has 4 bridgehead atoms. The van der Waals surface area contributed by atoms with Gasteiger partial charge in [-0.15, -0.1) is 0 Å². The Morgan fingerprint density at radius 2 is 0.921 bits per heavy atom. The summed E-state index contributed by atoms with van der Waals surface area (Å²) in [6.07, 6.45) is 3.25. The maximum absolute atomic E-state index is 12.6. The molecule has 0 fully saturated rings. The lowest BCUT2D eigenvalue weighted by Gasteiger charge is -2.25. The number of hydrogen-bond acceptors (Lipinski definition) is 9. The summed E-state index contributed by atoms with van der Waals surface area (Å²) in [5.41, 5.74) is 5.42. The van der Waals surface area contributed by atoms with Gasteiger partial charge in [0.05, 0.1) is 35.5 Å². The Morgan fingerprint density at radius 3 is 1.37 bits per heavy atom. The van der Waals surface area contributed by atoms with E-state index in [1.54, 1.807) is 6.92 Å². The van der Waals surface area contributed by atoms with Gasteiger partial charge in [0.2, 0.25) is 0 Å². The molecule has 4 aliphatic rings. The quantitative estimate of drug-likeness (QED) is 0.380. The number of nitrogens with two attached hydrogens (primary N) is 1. The van der Waals surface area contributed by atoms with Crippen molar-refractivity contribution < 1.29 is 38.1 Å². The number of benzene rings is 2. The van der Waals surface area contributed by atoms with E-state index in [2.05, 4.69) is 0 Å². The fourth-order valence-corrected chi connectivity index (χ4v) is 3.89. The highest BCUT2D eigenvalue weighted by Crippen LogP contribution is 2.21. The van der Waals surface area contributed by atoms with E-state index in [9.17, 15) is 19.2 Å². The third-order valence-electron chi connectivity index (χ3n) is 6.11. The molecule has 0 saturated carbocycles. The molecule has 0 aliphatic carbocycles. The van der Waals surface area contributed by atoms with Crippen LogP contribution in [-0.4, -0.2) is 48.4 Å². The third kappa shape index (κ3) is 8.69. The van der Waals surface area contributed by atoms with E-state index in [1.165, 1.54) is 48.5 Å². The van der Waals surface area contributed by atoms with Gasteiger partial charge in [0.25, 0.3) is 0 Å². The molecule has 2 aromatic rings. The Balaban J connectivity index is 1.69. The molecule has 0 spiro atoms. The molecule has 6 rings (SSSR count). The fraction of sp³-hybridized carbons (Fsp3) is 0.448. The first-order valence-electron chi connectivity index (χ1n) is 12.8. The third-order valence-corrected chi connectivity index (χ3v) is 6.11. The van der Waals surface area contributed by atoms with E-state index in [0.29, 0.717) is 55.2 Å². The van der Waals surface area contributed by atoms with Crippen LogP contribution >= 0.6 is 0 Å². The first-order chi connectivity index (χ1) is 18.0. The molecule has 0 saturated heterocycles. The Hall–Kier alpha value is -3.72. The van der Waals surface area contributed by atoms with Crippen molar-refractivity contribution in [2.75, 3.05) is 13.2 Å². The molecule has 9 heteroatoms. The molecular formula is C29H35NO8. The van der Waals surface area contributed by atoms with Crippen LogP contribution in [0.1, 0.15) is 101 Å². The Morgan fingerprint density at radius 1 is 0.553 bits per heavy atom. The standard InChI is InChI=1S/C29H35NO8/c1-28(2)16-4-6-18-35-24(31)21-10-14-23(15-11-21)27(34)38-29(3,30)17-5-7-19-36-25(32)20-8-12-22(13-9-20)26(33)37-28/h8-15H,4-7,16-19,30H2,1-3H3. The second kappa shape index (κ2) is 12.7. The summed E-state index contributed by atoms with van der Waals surface area (Å²) in [4.78, 5) is 49.8. The van der Waals surface area contributed by atoms with Gasteiger partial charge in [-0.3, -0.25) is 5.73 Å². The largest absolute Gasteiger partial charge is 0.462 e. The SMILES string of the molecule is CC1(C)CCCCOC(=O)c2ccc(cc2)C(=O)OC(C)(N)CCCCOC(=O)c2ccc(cc2)C(=O)O1. The van der Waals surface area contributed by atoms with Crippen LogP contribution < -0.4 is 5.73 Å². The maximum Gasteiger partial charge on any atom is 0.339 e. The zero-order valence-corrected chi connectivity index (χ0v) is 22.1. The smallest absolute Gasteiger partial charge is 0.339 e. The zero-order valence-electron chi connectivity index (χ0n) is 22.1. The van der Waals surface area contributed by atoms with Gasteiger partial charge in [0.15, 0.2) is 5.72 Å². The molecule has 4 heterocycles. The highest BCUT2D eigenvalue weighted by atomic mass is 16.6. The van der Waals surface area contributed by atoms with Crippen molar-refractivity contribution in [3.05, 3.63) is 70.8 Å².